The third-order valence-electron chi connectivity index (χ3n) is 3.98. The largest absolute Gasteiger partial charge is 0.378 e. The van der Waals surface area contributed by atoms with Crippen molar-refractivity contribution in [3.8, 4) is 0 Å². The normalized spacial score (nSPS) is 18.4. The summed E-state index contributed by atoms with van der Waals surface area (Å²) in [6, 6.07) is 3.35. The van der Waals surface area contributed by atoms with Crippen LogP contribution in [0.4, 0.5) is 10.1 Å². The summed E-state index contributed by atoms with van der Waals surface area (Å²) in [5.41, 5.74) is 8.64. The summed E-state index contributed by atoms with van der Waals surface area (Å²) in [6.07, 6.45) is 2.39. The van der Waals surface area contributed by atoms with Crippen LogP contribution in [0.25, 0.3) is 0 Å². The highest BCUT2D eigenvalue weighted by Gasteiger charge is 2.22. The number of anilines is 1. The van der Waals surface area contributed by atoms with Gasteiger partial charge in [0.2, 0.25) is 0 Å². The number of halogens is 1. The topological polar surface area (TPSA) is 38.5 Å². The molecule has 0 amide bonds. The molecule has 1 aliphatic heterocycles. The second-order valence-corrected chi connectivity index (χ2v) is 5.59. The van der Waals surface area contributed by atoms with Gasteiger partial charge in [0, 0.05) is 31.4 Å². The summed E-state index contributed by atoms with van der Waals surface area (Å²) in [5.74, 6) is -0.176. The lowest BCUT2D eigenvalue weighted by molar-refractivity contribution is 0.0459. The van der Waals surface area contributed by atoms with Crippen molar-refractivity contribution in [1.82, 2.24) is 0 Å². The molecule has 1 heterocycles. The summed E-state index contributed by atoms with van der Waals surface area (Å²) >= 11 is 0. The second-order valence-electron chi connectivity index (χ2n) is 5.59. The van der Waals surface area contributed by atoms with Crippen LogP contribution in [0.5, 0.6) is 0 Å². The van der Waals surface area contributed by atoms with Gasteiger partial charge in [-0.25, -0.2) is 4.39 Å². The summed E-state index contributed by atoms with van der Waals surface area (Å²) < 4.78 is 19.4. The van der Waals surface area contributed by atoms with E-state index in [1.54, 1.807) is 13.0 Å². The Morgan fingerprint density at radius 2 is 2.05 bits per heavy atom. The third-order valence-corrected chi connectivity index (χ3v) is 3.98. The number of piperidine rings is 1. The van der Waals surface area contributed by atoms with Crippen LogP contribution in [-0.4, -0.2) is 25.8 Å². The Morgan fingerprint density at radius 3 is 2.60 bits per heavy atom. The first-order valence-corrected chi connectivity index (χ1v) is 7.45. The monoisotopic (exact) mass is 280 g/mol. The molecule has 0 aliphatic carbocycles. The van der Waals surface area contributed by atoms with E-state index in [1.165, 1.54) is 0 Å². The molecule has 1 aromatic rings. The van der Waals surface area contributed by atoms with Gasteiger partial charge in [0.15, 0.2) is 0 Å². The zero-order valence-electron chi connectivity index (χ0n) is 12.7. The molecule has 0 spiro atoms. The van der Waals surface area contributed by atoms with E-state index in [0.29, 0.717) is 11.7 Å². The molecule has 20 heavy (non-hydrogen) atoms. The Bertz CT molecular complexity index is 454. The van der Waals surface area contributed by atoms with Gasteiger partial charge in [0.1, 0.15) is 5.82 Å². The van der Waals surface area contributed by atoms with Crippen molar-refractivity contribution in [3.63, 3.8) is 0 Å². The molecule has 112 valence electrons. The first-order valence-electron chi connectivity index (χ1n) is 7.45. The van der Waals surface area contributed by atoms with Gasteiger partial charge in [0.25, 0.3) is 0 Å². The van der Waals surface area contributed by atoms with Crippen LogP contribution in [0, 0.1) is 12.7 Å². The van der Waals surface area contributed by atoms with Crippen LogP contribution in [-0.2, 0) is 4.74 Å². The molecule has 1 fully saturated rings. The maximum atomic E-state index is 13.8. The first kappa shape index (κ1) is 15.3. The van der Waals surface area contributed by atoms with E-state index < -0.39 is 0 Å². The molecule has 0 aromatic heterocycles. The molecule has 0 unspecified atom stereocenters. The average molecular weight is 280 g/mol. The molecular weight excluding hydrogens is 255 g/mol. The van der Waals surface area contributed by atoms with E-state index in [0.717, 1.165) is 43.8 Å². The highest BCUT2D eigenvalue weighted by Crippen LogP contribution is 2.30. The highest BCUT2D eigenvalue weighted by molar-refractivity contribution is 5.57. The number of hydrogen-bond acceptors (Lipinski definition) is 3. The van der Waals surface area contributed by atoms with Gasteiger partial charge in [-0.2, -0.15) is 0 Å². The van der Waals surface area contributed by atoms with Crippen LogP contribution < -0.4 is 10.6 Å². The Balaban J connectivity index is 2.18. The van der Waals surface area contributed by atoms with Crippen LogP contribution in [0.2, 0.25) is 0 Å². The van der Waals surface area contributed by atoms with Gasteiger partial charge in [0.05, 0.1) is 6.10 Å². The number of nitrogens with two attached hydrogens (primary N) is 1. The standard InChI is InChI=1S/C16H25FN2O/c1-4-20-13-5-7-19(8-6-13)16-9-11(2)15(17)10-14(16)12(3)18/h9-10,12-13H,4-8,18H2,1-3H3/t12-/m1/s1. The maximum absolute atomic E-state index is 13.8. The molecule has 4 heteroatoms. The summed E-state index contributed by atoms with van der Waals surface area (Å²) in [7, 11) is 0. The SMILES string of the molecule is CCOC1CCN(c2cc(C)c(F)cc2[C@@H](C)N)CC1. The molecule has 1 aliphatic rings. The number of aryl methyl sites for hydroxylation is 1. The van der Waals surface area contributed by atoms with E-state index in [-0.39, 0.29) is 11.9 Å². The van der Waals surface area contributed by atoms with Crippen LogP contribution in [0.15, 0.2) is 12.1 Å². The fourth-order valence-corrected chi connectivity index (χ4v) is 2.82. The molecule has 3 nitrogen and oxygen atoms in total. The lowest BCUT2D eigenvalue weighted by Crippen LogP contribution is -2.38. The maximum Gasteiger partial charge on any atom is 0.126 e. The van der Waals surface area contributed by atoms with Gasteiger partial charge in [-0.1, -0.05) is 0 Å². The molecule has 2 rings (SSSR count). The van der Waals surface area contributed by atoms with E-state index in [9.17, 15) is 4.39 Å². The number of benzene rings is 1. The van der Waals surface area contributed by atoms with Crippen molar-refractivity contribution in [1.29, 1.82) is 0 Å². The lowest BCUT2D eigenvalue weighted by atomic mass is 10.00. The summed E-state index contributed by atoms with van der Waals surface area (Å²) in [4.78, 5) is 2.31. The Morgan fingerprint density at radius 1 is 1.40 bits per heavy atom. The number of rotatable bonds is 4. The predicted octanol–water partition coefficient (Wildman–Crippen LogP) is 3.16. The van der Waals surface area contributed by atoms with Gasteiger partial charge in [-0.15, -0.1) is 0 Å². The van der Waals surface area contributed by atoms with Crippen molar-refractivity contribution in [2.75, 3.05) is 24.6 Å². The van der Waals surface area contributed by atoms with Crippen LogP contribution >= 0.6 is 0 Å². The van der Waals surface area contributed by atoms with Crippen molar-refractivity contribution in [2.45, 2.75) is 45.8 Å². The Hall–Kier alpha value is -1.13. The number of nitrogens with zero attached hydrogens (tertiary/aromatic N) is 1. The number of hydrogen-bond donors (Lipinski definition) is 1. The van der Waals surface area contributed by atoms with E-state index >= 15 is 0 Å². The van der Waals surface area contributed by atoms with Gasteiger partial charge < -0.3 is 15.4 Å². The van der Waals surface area contributed by atoms with Crippen LogP contribution in [0.3, 0.4) is 0 Å². The smallest absolute Gasteiger partial charge is 0.126 e. The quantitative estimate of drug-likeness (QED) is 0.920. The minimum atomic E-state index is -0.176. The fourth-order valence-electron chi connectivity index (χ4n) is 2.82. The average Bonchev–Trinajstić information content (AvgIpc) is 2.42. The zero-order valence-corrected chi connectivity index (χ0v) is 12.7. The molecule has 0 saturated carbocycles. The minimum Gasteiger partial charge on any atom is -0.378 e. The number of ether oxygens (including phenoxy) is 1. The van der Waals surface area contributed by atoms with Crippen LogP contribution in [0.1, 0.15) is 43.9 Å². The Kier molecular flexibility index (Phi) is 5.00. The van der Waals surface area contributed by atoms with E-state index in [2.05, 4.69) is 4.90 Å². The van der Waals surface area contributed by atoms with Crippen molar-refractivity contribution in [3.05, 3.63) is 29.1 Å². The first-order chi connectivity index (χ1) is 9.52. The second kappa shape index (κ2) is 6.55. The van der Waals surface area contributed by atoms with Crippen molar-refractivity contribution in [2.24, 2.45) is 5.73 Å². The Labute approximate surface area is 120 Å². The van der Waals surface area contributed by atoms with Gasteiger partial charge in [-0.05, 0) is 56.9 Å². The molecule has 1 atom stereocenters. The summed E-state index contributed by atoms with van der Waals surface area (Å²) in [6.45, 7) is 8.39. The molecule has 1 saturated heterocycles. The van der Waals surface area contributed by atoms with Gasteiger partial charge >= 0.3 is 0 Å². The van der Waals surface area contributed by atoms with Crippen molar-refractivity contribution >= 4 is 5.69 Å². The van der Waals surface area contributed by atoms with Gasteiger partial charge in [-0.3, -0.25) is 0 Å². The molecule has 0 radical (unpaired) electrons. The predicted molar refractivity (Wildman–Crippen MR) is 80.6 cm³/mol. The van der Waals surface area contributed by atoms with E-state index in [4.69, 9.17) is 10.5 Å². The molecule has 2 N–H and O–H groups in total. The third kappa shape index (κ3) is 3.30. The minimum absolute atomic E-state index is 0.162. The van der Waals surface area contributed by atoms with E-state index in [1.807, 2.05) is 19.9 Å². The fraction of sp³-hybridized carbons (Fsp3) is 0.625. The highest BCUT2D eigenvalue weighted by atomic mass is 19.1. The molecular formula is C16H25FN2O. The van der Waals surface area contributed by atoms with Crippen molar-refractivity contribution < 1.29 is 9.13 Å². The molecule has 0 bridgehead atoms. The zero-order chi connectivity index (χ0) is 14.7. The molecule has 1 aromatic carbocycles. The summed E-state index contributed by atoms with van der Waals surface area (Å²) in [5, 5.41) is 0. The lowest BCUT2D eigenvalue weighted by Gasteiger charge is -2.35.